The average molecular weight is 256 g/mol. The van der Waals surface area contributed by atoms with Gasteiger partial charge in [-0.2, -0.15) is 0 Å². The molecule has 0 aliphatic carbocycles. The molecule has 0 aliphatic rings. The van der Waals surface area contributed by atoms with E-state index in [0.29, 0.717) is 11.6 Å². The molecule has 3 N–H and O–H groups in total. The molecule has 0 radical (unpaired) electrons. The van der Waals surface area contributed by atoms with E-state index in [9.17, 15) is 0 Å². The molecule has 0 bridgehead atoms. The van der Waals surface area contributed by atoms with Crippen molar-refractivity contribution >= 4 is 17.1 Å². The highest BCUT2D eigenvalue weighted by atomic mass is 16.5. The number of para-hydroxylation sites is 1. The summed E-state index contributed by atoms with van der Waals surface area (Å²) in [4.78, 5) is 0. The topological polar surface area (TPSA) is 47.3 Å². The molecule has 0 aliphatic heterocycles. The van der Waals surface area contributed by atoms with Crippen molar-refractivity contribution in [3.05, 3.63) is 48.0 Å². The van der Waals surface area contributed by atoms with Gasteiger partial charge in [-0.15, -0.1) is 0 Å². The van der Waals surface area contributed by atoms with Gasteiger partial charge in [-0.05, 0) is 23.6 Å². The number of nitrogens with two attached hydrogens (primary N) is 1. The summed E-state index contributed by atoms with van der Waals surface area (Å²) < 4.78 is 5.23. The predicted molar refractivity (Wildman–Crippen MR) is 81.2 cm³/mol. The molecule has 0 saturated carbocycles. The lowest BCUT2D eigenvalue weighted by Gasteiger charge is -2.15. The number of ether oxygens (including phenoxy) is 1. The highest BCUT2D eigenvalue weighted by Gasteiger charge is 2.07. The van der Waals surface area contributed by atoms with Crippen LogP contribution in [0.15, 0.2) is 42.5 Å². The van der Waals surface area contributed by atoms with Gasteiger partial charge >= 0.3 is 0 Å². The molecule has 0 amide bonds. The van der Waals surface area contributed by atoms with Gasteiger partial charge in [-0.1, -0.05) is 32.0 Å². The Balaban J connectivity index is 2.33. The highest BCUT2D eigenvalue weighted by Crippen LogP contribution is 2.29. The van der Waals surface area contributed by atoms with E-state index in [1.54, 1.807) is 13.2 Å². The van der Waals surface area contributed by atoms with Gasteiger partial charge in [0.1, 0.15) is 5.75 Å². The summed E-state index contributed by atoms with van der Waals surface area (Å²) >= 11 is 0. The summed E-state index contributed by atoms with van der Waals surface area (Å²) in [5.74, 6) is 1.22. The third-order valence-electron chi connectivity index (χ3n) is 3.03. The molecular weight excluding hydrogens is 236 g/mol. The van der Waals surface area contributed by atoms with Crippen LogP contribution in [-0.4, -0.2) is 7.11 Å². The Morgan fingerprint density at radius 3 is 2.53 bits per heavy atom. The zero-order valence-corrected chi connectivity index (χ0v) is 11.6. The van der Waals surface area contributed by atoms with Gasteiger partial charge in [0.05, 0.1) is 7.11 Å². The third kappa shape index (κ3) is 3.19. The van der Waals surface area contributed by atoms with Crippen LogP contribution in [0.3, 0.4) is 0 Å². The van der Waals surface area contributed by atoms with Gasteiger partial charge in [0.25, 0.3) is 0 Å². The lowest BCUT2D eigenvalue weighted by molar-refractivity contribution is 0.415. The van der Waals surface area contributed by atoms with Crippen molar-refractivity contribution in [2.75, 3.05) is 18.2 Å². The Morgan fingerprint density at radius 1 is 1.11 bits per heavy atom. The number of methoxy groups -OCH3 is 1. The van der Waals surface area contributed by atoms with Crippen molar-refractivity contribution in [2.45, 2.75) is 19.8 Å². The van der Waals surface area contributed by atoms with Crippen LogP contribution in [0, 0.1) is 0 Å². The number of rotatable bonds is 4. The molecule has 0 spiro atoms. The van der Waals surface area contributed by atoms with E-state index in [1.165, 1.54) is 5.56 Å². The van der Waals surface area contributed by atoms with Crippen LogP contribution in [0.25, 0.3) is 0 Å². The maximum atomic E-state index is 5.87. The lowest BCUT2D eigenvalue weighted by atomic mass is 10.0. The van der Waals surface area contributed by atoms with Gasteiger partial charge in [-0.25, -0.2) is 0 Å². The van der Waals surface area contributed by atoms with E-state index in [-0.39, 0.29) is 0 Å². The average Bonchev–Trinajstić information content (AvgIpc) is 2.38. The second-order valence-corrected chi connectivity index (χ2v) is 4.86. The molecule has 2 aromatic carbocycles. The van der Waals surface area contributed by atoms with Gasteiger partial charge < -0.3 is 15.8 Å². The number of nitrogen functional groups attached to an aromatic ring is 1. The first-order chi connectivity index (χ1) is 9.10. The molecule has 0 atom stereocenters. The smallest absolute Gasteiger partial charge is 0.122 e. The molecule has 3 nitrogen and oxygen atoms in total. The maximum absolute atomic E-state index is 5.87. The van der Waals surface area contributed by atoms with Crippen molar-refractivity contribution in [2.24, 2.45) is 0 Å². The normalized spacial score (nSPS) is 10.5. The standard InChI is InChI=1S/C16H20N2O/c1-11(2)15-6-4-5-7-16(15)18-13-8-12(17)9-14(10-13)19-3/h4-11,18H,17H2,1-3H3. The molecule has 2 rings (SSSR count). The van der Waals surface area contributed by atoms with Crippen LogP contribution >= 0.6 is 0 Å². The van der Waals surface area contributed by atoms with E-state index in [4.69, 9.17) is 10.5 Å². The first-order valence-corrected chi connectivity index (χ1v) is 6.40. The molecule has 0 saturated heterocycles. The minimum absolute atomic E-state index is 0.464. The Morgan fingerprint density at radius 2 is 1.84 bits per heavy atom. The Kier molecular flexibility index (Phi) is 3.95. The van der Waals surface area contributed by atoms with E-state index < -0.39 is 0 Å². The number of anilines is 3. The minimum Gasteiger partial charge on any atom is -0.497 e. The van der Waals surface area contributed by atoms with E-state index in [1.807, 2.05) is 18.2 Å². The molecule has 0 fully saturated rings. The quantitative estimate of drug-likeness (QED) is 0.808. The van der Waals surface area contributed by atoms with Gasteiger partial charge in [0.15, 0.2) is 0 Å². The molecule has 0 aromatic heterocycles. The fourth-order valence-corrected chi connectivity index (χ4v) is 2.08. The fourth-order valence-electron chi connectivity index (χ4n) is 2.08. The zero-order chi connectivity index (χ0) is 13.8. The van der Waals surface area contributed by atoms with Crippen molar-refractivity contribution < 1.29 is 4.74 Å². The first-order valence-electron chi connectivity index (χ1n) is 6.40. The van der Waals surface area contributed by atoms with Crippen molar-refractivity contribution in [1.29, 1.82) is 0 Å². The summed E-state index contributed by atoms with van der Waals surface area (Å²) in [6.07, 6.45) is 0. The first kappa shape index (κ1) is 13.3. The molecule has 100 valence electrons. The van der Waals surface area contributed by atoms with E-state index >= 15 is 0 Å². The second kappa shape index (κ2) is 5.65. The Labute approximate surface area is 114 Å². The van der Waals surface area contributed by atoms with Crippen LogP contribution in [-0.2, 0) is 0 Å². The van der Waals surface area contributed by atoms with Gasteiger partial charge in [0.2, 0.25) is 0 Å². The maximum Gasteiger partial charge on any atom is 0.122 e. The van der Waals surface area contributed by atoms with Crippen LogP contribution in [0.1, 0.15) is 25.3 Å². The molecule has 0 heterocycles. The van der Waals surface area contributed by atoms with Crippen LogP contribution in [0.5, 0.6) is 5.75 Å². The van der Waals surface area contributed by atoms with Crippen molar-refractivity contribution in [3.8, 4) is 5.75 Å². The molecular formula is C16H20N2O. The minimum atomic E-state index is 0.464. The summed E-state index contributed by atoms with van der Waals surface area (Å²) in [5, 5.41) is 3.41. The monoisotopic (exact) mass is 256 g/mol. The van der Waals surface area contributed by atoms with Crippen LogP contribution < -0.4 is 15.8 Å². The van der Waals surface area contributed by atoms with E-state index in [2.05, 4.69) is 37.4 Å². The fraction of sp³-hybridized carbons (Fsp3) is 0.250. The predicted octanol–water partition coefficient (Wildman–Crippen LogP) is 4.14. The Bertz CT molecular complexity index is 564. The summed E-state index contributed by atoms with van der Waals surface area (Å²) in [5.41, 5.74) is 9.87. The SMILES string of the molecule is COc1cc(N)cc(Nc2ccccc2C(C)C)c1. The molecule has 2 aromatic rings. The largest absolute Gasteiger partial charge is 0.497 e. The summed E-state index contributed by atoms with van der Waals surface area (Å²) in [6, 6.07) is 13.9. The third-order valence-corrected chi connectivity index (χ3v) is 3.03. The van der Waals surface area contributed by atoms with Crippen molar-refractivity contribution in [1.82, 2.24) is 0 Å². The lowest BCUT2D eigenvalue weighted by Crippen LogP contribution is -1.99. The van der Waals surface area contributed by atoms with Gasteiger partial charge in [-0.3, -0.25) is 0 Å². The molecule has 19 heavy (non-hydrogen) atoms. The summed E-state index contributed by atoms with van der Waals surface area (Å²) in [7, 11) is 1.64. The Hall–Kier alpha value is -2.16. The molecule has 0 unspecified atom stereocenters. The van der Waals surface area contributed by atoms with Crippen LogP contribution in [0.2, 0.25) is 0 Å². The molecule has 3 heteroatoms. The number of hydrogen-bond donors (Lipinski definition) is 2. The zero-order valence-electron chi connectivity index (χ0n) is 11.6. The second-order valence-electron chi connectivity index (χ2n) is 4.86. The number of benzene rings is 2. The van der Waals surface area contributed by atoms with E-state index in [0.717, 1.165) is 17.1 Å². The number of nitrogens with one attached hydrogen (secondary N) is 1. The highest BCUT2D eigenvalue weighted by molar-refractivity contribution is 5.68. The summed E-state index contributed by atoms with van der Waals surface area (Å²) in [6.45, 7) is 4.36. The number of hydrogen-bond acceptors (Lipinski definition) is 3. The van der Waals surface area contributed by atoms with Crippen molar-refractivity contribution in [3.63, 3.8) is 0 Å². The van der Waals surface area contributed by atoms with Crippen LogP contribution in [0.4, 0.5) is 17.1 Å². The van der Waals surface area contributed by atoms with Gasteiger partial charge in [0, 0.05) is 29.2 Å².